The summed E-state index contributed by atoms with van der Waals surface area (Å²) in [6.45, 7) is 0.612. The summed E-state index contributed by atoms with van der Waals surface area (Å²) in [6.07, 6.45) is 0.161. The van der Waals surface area contributed by atoms with Gasteiger partial charge in [-0.15, -0.1) is 0 Å². The van der Waals surface area contributed by atoms with Crippen LogP contribution >= 0.6 is 0 Å². The lowest BCUT2D eigenvalue weighted by Crippen LogP contribution is -2.43. The van der Waals surface area contributed by atoms with Gasteiger partial charge in [-0.2, -0.15) is 0 Å². The quantitative estimate of drug-likeness (QED) is 0.228. The van der Waals surface area contributed by atoms with Crippen LogP contribution in [0.4, 0.5) is 4.79 Å². The molecule has 3 amide bonds. The predicted octanol–water partition coefficient (Wildman–Crippen LogP) is 1.41. The van der Waals surface area contributed by atoms with E-state index in [0.29, 0.717) is 25.8 Å². The number of ether oxygens (including phenoxy) is 1. The first kappa shape index (κ1) is 27.4. The number of rotatable bonds is 16. The van der Waals surface area contributed by atoms with Crippen molar-refractivity contribution < 1.29 is 38.9 Å². The Morgan fingerprint density at radius 1 is 0.818 bits per heavy atom. The van der Waals surface area contributed by atoms with E-state index in [2.05, 4.69) is 16.0 Å². The van der Waals surface area contributed by atoms with Gasteiger partial charge in [-0.25, -0.2) is 4.79 Å². The number of aliphatic carboxylic acids is 2. The van der Waals surface area contributed by atoms with Gasteiger partial charge < -0.3 is 30.9 Å². The van der Waals surface area contributed by atoms with Crippen molar-refractivity contribution in [2.45, 2.75) is 57.6 Å². The molecule has 1 aromatic carbocycles. The zero-order valence-corrected chi connectivity index (χ0v) is 18.4. The summed E-state index contributed by atoms with van der Waals surface area (Å²) < 4.78 is 5.12. The molecule has 11 heteroatoms. The van der Waals surface area contributed by atoms with Crippen LogP contribution in [0.15, 0.2) is 30.3 Å². The summed E-state index contributed by atoms with van der Waals surface area (Å²) in [5, 5.41) is 25.2. The van der Waals surface area contributed by atoms with E-state index in [9.17, 15) is 24.0 Å². The Balaban J connectivity index is 2.34. The molecule has 1 rings (SSSR count). The van der Waals surface area contributed by atoms with Gasteiger partial charge in [0.25, 0.3) is 0 Å². The summed E-state index contributed by atoms with van der Waals surface area (Å²) in [5.41, 5.74) is 0.875. The van der Waals surface area contributed by atoms with Gasteiger partial charge in [0, 0.05) is 32.0 Å². The molecular weight excluding hydrogens is 434 g/mol. The minimum atomic E-state index is -1.09. The molecular formula is C22H31N3O8. The van der Waals surface area contributed by atoms with Crippen molar-refractivity contribution in [2.75, 3.05) is 13.1 Å². The number of benzene rings is 1. The van der Waals surface area contributed by atoms with E-state index in [4.69, 9.17) is 14.9 Å². The molecule has 0 aromatic heterocycles. The lowest BCUT2D eigenvalue weighted by molar-refractivity contribution is -0.139. The molecule has 0 aliphatic heterocycles. The smallest absolute Gasteiger partial charge is 0.407 e. The monoisotopic (exact) mass is 465 g/mol. The molecule has 0 heterocycles. The first-order chi connectivity index (χ1) is 15.8. The maximum absolute atomic E-state index is 11.9. The number of amides is 3. The van der Waals surface area contributed by atoms with Crippen LogP contribution in [0, 0.1) is 0 Å². The Hall–Kier alpha value is -3.63. The number of carbonyl (C=O) groups excluding carboxylic acids is 3. The molecule has 0 saturated carbocycles. The average Bonchev–Trinajstić information content (AvgIpc) is 2.78. The Labute approximate surface area is 191 Å². The van der Waals surface area contributed by atoms with Crippen LogP contribution in [0.2, 0.25) is 0 Å². The first-order valence-corrected chi connectivity index (χ1v) is 10.7. The summed E-state index contributed by atoms with van der Waals surface area (Å²) >= 11 is 0. The molecule has 1 atom stereocenters. The minimum Gasteiger partial charge on any atom is -0.481 e. The third-order valence-corrected chi connectivity index (χ3v) is 4.50. The lowest BCUT2D eigenvalue weighted by atomic mass is 10.1. The summed E-state index contributed by atoms with van der Waals surface area (Å²) in [4.78, 5) is 56.6. The van der Waals surface area contributed by atoms with Gasteiger partial charge in [0.2, 0.25) is 11.8 Å². The van der Waals surface area contributed by atoms with E-state index in [1.54, 1.807) is 0 Å². The van der Waals surface area contributed by atoms with Gasteiger partial charge in [0.1, 0.15) is 6.61 Å². The van der Waals surface area contributed by atoms with Gasteiger partial charge in [0.15, 0.2) is 0 Å². The van der Waals surface area contributed by atoms with Crippen LogP contribution in [0.25, 0.3) is 0 Å². The van der Waals surface area contributed by atoms with Crippen LogP contribution in [0.3, 0.4) is 0 Å². The van der Waals surface area contributed by atoms with Crippen LogP contribution in [0.5, 0.6) is 0 Å². The van der Waals surface area contributed by atoms with Crippen molar-refractivity contribution in [3.63, 3.8) is 0 Å². The molecule has 5 N–H and O–H groups in total. The average molecular weight is 466 g/mol. The number of unbranched alkanes of at least 4 members (excludes halogenated alkanes) is 1. The zero-order valence-electron chi connectivity index (χ0n) is 18.4. The number of hydrogen-bond acceptors (Lipinski definition) is 6. The molecule has 0 bridgehead atoms. The van der Waals surface area contributed by atoms with Gasteiger partial charge >= 0.3 is 18.0 Å². The number of alkyl carbamates (subject to hydrolysis) is 1. The maximum Gasteiger partial charge on any atom is 0.407 e. The molecule has 0 aliphatic rings. The van der Waals surface area contributed by atoms with Crippen molar-refractivity contribution in [3.8, 4) is 0 Å². The third-order valence-electron chi connectivity index (χ3n) is 4.50. The number of carboxylic acid groups (broad SMARTS) is 2. The van der Waals surface area contributed by atoms with Crippen LogP contribution in [-0.4, -0.2) is 59.2 Å². The lowest BCUT2D eigenvalue weighted by Gasteiger charge is -2.19. The highest BCUT2D eigenvalue weighted by molar-refractivity contribution is 5.81. The molecule has 11 nitrogen and oxygen atoms in total. The van der Waals surface area contributed by atoms with Gasteiger partial charge in [-0.3, -0.25) is 19.2 Å². The van der Waals surface area contributed by atoms with E-state index >= 15 is 0 Å². The van der Waals surface area contributed by atoms with Gasteiger partial charge in [-0.05, 0) is 24.8 Å². The van der Waals surface area contributed by atoms with E-state index in [-0.39, 0.29) is 38.8 Å². The van der Waals surface area contributed by atoms with E-state index < -0.39 is 35.9 Å². The molecule has 0 radical (unpaired) electrons. The molecule has 182 valence electrons. The molecule has 0 saturated heterocycles. The predicted molar refractivity (Wildman–Crippen MR) is 117 cm³/mol. The minimum absolute atomic E-state index is 0.0871. The Kier molecular flexibility index (Phi) is 13.3. The largest absolute Gasteiger partial charge is 0.481 e. The highest BCUT2D eigenvalue weighted by Crippen LogP contribution is 2.03. The van der Waals surface area contributed by atoms with E-state index in [1.165, 1.54) is 0 Å². The van der Waals surface area contributed by atoms with Crippen molar-refractivity contribution in [1.29, 1.82) is 0 Å². The van der Waals surface area contributed by atoms with Gasteiger partial charge in [-0.1, -0.05) is 30.3 Å². The summed E-state index contributed by atoms with van der Waals surface area (Å²) in [7, 11) is 0. The first-order valence-electron chi connectivity index (χ1n) is 10.7. The highest BCUT2D eigenvalue weighted by atomic mass is 16.5. The molecule has 0 spiro atoms. The fourth-order valence-corrected chi connectivity index (χ4v) is 2.77. The van der Waals surface area contributed by atoms with E-state index in [0.717, 1.165) is 5.56 Å². The van der Waals surface area contributed by atoms with Crippen molar-refractivity contribution in [3.05, 3.63) is 35.9 Å². The van der Waals surface area contributed by atoms with Crippen LogP contribution in [-0.2, 0) is 30.5 Å². The standard InChI is InChI=1S/C22H31N3O8/c26-18(9-11-20(28)29)24-14-17(25-19(27)10-12-21(30)31)8-4-5-13-23-22(32)33-15-16-6-2-1-3-7-16/h1-3,6-7,17H,4-5,8-15H2,(H,23,32)(H,24,26)(H,25,27)(H,28,29)(H,30,31)/t17-/m0/s1. The highest BCUT2D eigenvalue weighted by Gasteiger charge is 2.15. The zero-order chi connectivity index (χ0) is 24.5. The number of hydrogen-bond donors (Lipinski definition) is 5. The van der Waals surface area contributed by atoms with Crippen molar-refractivity contribution in [1.82, 2.24) is 16.0 Å². The second-order valence-corrected chi connectivity index (χ2v) is 7.34. The van der Waals surface area contributed by atoms with Crippen LogP contribution < -0.4 is 16.0 Å². The van der Waals surface area contributed by atoms with Crippen LogP contribution in [0.1, 0.15) is 50.5 Å². The molecule has 0 aliphatic carbocycles. The Morgan fingerprint density at radius 2 is 1.45 bits per heavy atom. The second kappa shape index (κ2) is 16.1. The van der Waals surface area contributed by atoms with Gasteiger partial charge in [0.05, 0.1) is 12.8 Å². The van der Waals surface area contributed by atoms with E-state index in [1.807, 2.05) is 30.3 Å². The Morgan fingerprint density at radius 3 is 2.09 bits per heavy atom. The SMILES string of the molecule is O=C(O)CCC(=O)NC[C@H](CCCCNC(=O)OCc1ccccc1)NC(=O)CCC(=O)O. The third kappa shape index (κ3) is 14.9. The summed E-state index contributed by atoms with van der Waals surface area (Å²) in [5.74, 6) is -3.08. The normalized spacial score (nSPS) is 11.2. The molecule has 0 fully saturated rings. The topological polar surface area (TPSA) is 171 Å². The van der Waals surface area contributed by atoms with Crippen molar-refractivity contribution >= 4 is 29.8 Å². The van der Waals surface area contributed by atoms with Crippen molar-refractivity contribution in [2.24, 2.45) is 0 Å². The Bertz CT molecular complexity index is 785. The fourth-order valence-electron chi connectivity index (χ4n) is 2.77. The number of nitrogens with one attached hydrogen (secondary N) is 3. The fraction of sp³-hybridized carbons (Fsp3) is 0.500. The second-order valence-electron chi connectivity index (χ2n) is 7.34. The summed E-state index contributed by atoms with van der Waals surface area (Å²) in [6, 6.07) is 8.80. The number of carbonyl (C=O) groups is 5. The maximum atomic E-state index is 11.9. The molecule has 1 aromatic rings. The number of carboxylic acids is 2. The molecule has 33 heavy (non-hydrogen) atoms. The molecule has 0 unspecified atom stereocenters.